The molecule has 3 aliphatic rings. The lowest BCUT2D eigenvalue weighted by atomic mass is 9.63. The number of para-hydroxylation sites is 4. The molecule has 0 amide bonds. The molecule has 6 atom stereocenters. The van der Waals surface area contributed by atoms with E-state index in [-0.39, 0.29) is 29.4 Å². The van der Waals surface area contributed by atoms with Crippen molar-refractivity contribution < 1.29 is 63.2 Å². The summed E-state index contributed by atoms with van der Waals surface area (Å²) in [5.74, 6) is 1.73. The van der Waals surface area contributed by atoms with E-state index in [0.29, 0.717) is 46.7 Å². The van der Waals surface area contributed by atoms with Gasteiger partial charge in [-0.3, -0.25) is 9.69 Å². The highest BCUT2D eigenvalue weighted by Crippen LogP contribution is 2.51. The Kier molecular flexibility index (Phi) is 22.3. The van der Waals surface area contributed by atoms with Crippen LogP contribution in [0.2, 0.25) is 0 Å². The van der Waals surface area contributed by atoms with Crippen molar-refractivity contribution in [1.82, 2.24) is 9.88 Å². The first kappa shape index (κ1) is 57.0. The second kappa shape index (κ2) is 29.0. The number of nitrogens with one attached hydrogen (secondary N) is 1. The zero-order valence-corrected chi connectivity index (χ0v) is 43.3. The molecule has 1 saturated carbocycles. The fourth-order valence-electron chi connectivity index (χ4n) is 9.47. The number of phenols is 4. The van der Waals surface area contributed by atoms with E-state index in [1.807, 2.05) is 50.2 Å². The van der Waals surface area contributed by atoms with E-state index in [4.69, 9.17) is 53.6 Å². The van der Waals surface area contributed by atoms with Crippen LogP contribution >= 0.6 is 0 Å². The number of methoxy groups -OCH3 is 6. The van der Waals surface area contributed by atoms with E-state index < -0.39 is 24.1 Å². The van der Waals surface area contributed by atoms with Crippen LogP contribution in [0.5, 0.6) is 46.0 Å². The SMILES string of the molecule is CC.COC(=O)[C@H]1[C@H]2C[C@@H]3c4[nH]c5cc(OC)ccc5c4CCN3C[C@H]2C[C@@H](OC(=O)c2cc(OC)c(OC)c(OC)c2)[C@@H]1OC.Oc1ccccc1.Oc1ccccc1.Oc1ccccc1.Oc1ccccc1. The van der Waals surface area contributed by atoms with Gasteiger partial charge in [0, 0.05) is 42.9 Å². The molecule has 5 N–H and O–H groups in total. The van der Waals surface area contributed by atoms with Gasteiger partial charge in [-0.2, -0.15) is 0 Å². The van der Waals surface area contributed by atoms with Crippen LogP contribution in [-0.2, 0) is 25.4 Å². The zero-order chi connectivity index (χ0) is 53.6. The number of aromatic amines is 1. The van der Waals surface area contributed by atoms with Gasteiger partial charge >= 0.3 is 11.9 Å². The quantitative estimate of drug-likeness (QED) is 0.0901. The molecule has 1 aromatic heterocycles. The Morgan fingerprint density at radius 3 is 1.51 bits per heavy atom. The van der Waals surface area contributed by atoms with Crippen LogP contribution in [0.1, 0.15) is 54.3 Å². The van der Waals surface area contributed by atoms with Gasteiger partial charge in [0.15, 0.2) is 11.5 Å². The summed E-state index contributed by atoms with van der Waals surface area (Å²) in [6.07, 6.45) is 0.920. The molecule has 7 aromatic rings. The number of benzene rings is 6. The number of rotatable bonds is 8. The second-order valence-electron chi connectivity index (χ2n) is 17.0. The first-order valence-electron chi connectivity index (χ1n) is 24.4. The fraction of sp³-hybridized carbons (Fsp3) is 0.322. The average Bonchev–Trinajstić information content (AvgIpc) is 3.82. The molecule has 1 aliphatic carbocycles. The summed E-state index contributed by atoms with van der Waals surface area (Å²) >= 11 is 0. The van der Waals surface area contributed by atoms with Crippen molar-refractivity contribution in [3.63, 3.8) is 0 Å². The first-order chi connectivity index (χ1) is 35.9. The van der Waals surface area contributed by atoms with E-state index in [9.17, 15) is 9.59 Å². The number of aromatic hydroxyl groups is 4. The summed E-state index contributed by atoms with van der Waals surface area (Å²) in [5.41, 5.74) is 3.83. The summed E-state index contributed by atoms with van der Waals surface area (Å²) in [7, 11) is 9.10. The molecule has 0 bridgehead atoms. The molecule has 394 valence electrons. The largest absolute Gasteiger partial charge is 0.508 e. The second-order valence-corrected chi connectivity index (χ2v) is 17.0. The Hall–Kier alpha value is -7.88. The number of piperidine rings is 1. The van der Waals surface area contributed by atoms with Crippen molar-refractivity contribution in [1.29, 1.82) is 0 Å². The topological polar surface area (TPSA) is 199 Å². The van der Waals surface area contributed by atoms with Crippen molar-refractivity contribution >= 4 is 22.8 Å². The summed E-state index contributed by atoms with van der Waals surface area (Å²) in [6, 6.07) is 44.2. The predicted molar refractivity (Wildman–Crippen MR) is 284 cm³/mol. The third-order valence-electron chi connectivity index (χ3n) is 12.8. The lowest BCUT2D eigenvalue weighted by Crippen LogP contribution is -2.58. The van der Waals surface area contributed by atoms with Crippen LogP contribution in [-0.4, -0.2) is 110 Å². The molecule has 15 nitrogen and oxygen atoms in total. The number of fused-ring (bicyclic) bond motifs is 6. The minimum atomic E-state index is -0.670. The van der Waals surface area contributed by atoms with Crippen LogP contribution in [0.25, 0.3) is 10.9 Å². The molecular formula is C59H70N2O13. The van der Waals surface area contributed by atoms with Gasteiger partial charge in [0.2, 0.25) is 5.75 Å². The van der Waals surface area contributed by atoms with Crippen LogP contribution in [0.4, 0.5) is 0 Å². The minimum Gasteiger partial charge on any atom is -0.508 e. The fourth-order valence-corrected chi connectivity index (χ4v) is 9.47. The van der Waals surface area contributed by atoms with Crippen molar-refractivity contribution in [3.05, 3.63) is 168 Å². The zero-order valence-electron chi connectivity index (χ0n) is 43.3. The van der Waals surface area contributed by atoms with E-state index in [1.54, 1.807) is 123 Å². The Bertz CT molecular complexity index is 2580. The van der Waals surface area contributed by atoms with Gasteiger partial charge < -0.3 is 58.6 Å². The van der Waals surface area contributed by atoms with Gasteiger partial charge in [-0.15, -0.1) is 0 Å². The standard InChI is InChI=1S/C33H40N2O9.4C6H6O.C2H6/c1-38-19-7-8-20-21-9-10-35-16-18-13-27(44-32(36)17-11-25(39-2)30(41-4)26(12-17)40-3)31(42-5)28(33(37)43-6)22(18)15-24(35)29(21)34-23(20)14-19;4*7-6-4-2-1-3-5-6;1-2/h7-8,11-12,14,18,22,24,27-28,31,34H,9-10,13,15-16H2,1-6H3;4*1-5,7H;1-2H3/t18-,22+,24-,27-,28+,31+;;;;;/m1...../s1. The van der Waals surface area contributed by atoms with Crippen molar-refractivity contribution in [2.45, 2.75) is 51.4 Å². The Labute approximate surface area is 433 Å². The molecule has 0 spiro atoms. The number of carbonyl (C=O) groups is 2. The van der Waals surface area contributed by atoms with E-state index in [1.165, 1.54) is 45.1 Å². The van der Waals surface area contributed by atoms with E-state index in [2.05, 4.69) is 16.0 Å². The number of phenolic OH excluding ortho intramolecular Hbond substituents is 4. The molecule has 2 aliphatic heterocycles. The predicted octanol–water partition coefficient (Wildman–Crippen LogP) is 10.8. The number of H-pyrrole nitrogens is 1. The molecule has 74 heavy (non-hydrogen) atoms. The third-order valence-corrected chi connectivity index (χ3v) is 12.8. The highest BCUT2D eigenvalue weighted by molar-refractivity contribution is 5.91. The lowest BCUT2D eigenvalue weighted by molar-refractivity contribution is -0.176. The molecule has 6 aromatic carbocycles. The Morgan fingerprint density at radius 2 is 1.11 bits per heavy atom. The molecule has 15 heteroatoms. The lowest BCUT2D eigenvalue weighted by Gasteiger charge is -2.52. The van der Waals surface area contributed by atoms with Crippen LogP contribution in [0, 0.1) is 17.8 Å². The highest BCUT2D eigenvalue weighted by Gasteiger charge is 2.54. The maximum atomic E-state index is 13.5. The van der Waals surface area contributed by atoms with Crippen molar-refractivity contribution in [2.24, 2.45) is 17.8 Å². The maximum Gasteiger partial charge on any atom is 0.338 e. The number of ether oxygens (including phenoxy) is 7. The van der Waals surface area contributed by atoms with Gasteiger partial charge in [-0.1, -0.05) is 86.6 Å². The molecule has 10 rings (SSSR count). The van der Waals surface area contributed by atoms with Gasteiger partial charge in [0.05, 0.1) is 53.1 Å². The van der Waals surface area contributed by atoms with Crippen LogP contribution < -0.4 is 18.9 Å². The van der Waals surface area contributed by atoms with Crippen molar-refractivity contribution in [3.8, 4) is 46.0 Å². The molecule has 2 fully saturated rings. The monoisotopic (exact) mass is 1010 g/mol. The Morgan fingerprint density at radius 1 is 0.608 bits per heavy atom. The van der Waals surface area contributed by atoms with E-state index in [0.717, 1.165) is 37.2 Å². The third kappa shape index (κ3) is 15.1. The number of esters is 2. The van der Waals surface area contributed by atoms with Gasteiger partial charge in [-0.05, 0) is 109 Å². The number of aromatic nitrogens is 1. The van der Waals surface area contributed by atoms with Gasteiger partial charge in [0.25, 0.3) is 0 Å². The summed E-state index contributed by atoms with van der Waals surface area (Å²) in [4.78, 5) is 33.1. The molecule has 3 heterocycles. The van der Waals surface area contributed by atoms with Crippen molar-refractivity contribution in [2.75, 3.05) is 55.7 Å². The van der Waals surface area contributed by atoms with E-state index >= 15 is 0 Å². The van der Waals surface area contributed by atoms with Gasteiger partial charge in [-0.25, -0.2) is 4.79 Å². The molecular weight excluding hydrogens is 945 g/mol. The first-order valence-corrected chi connectivity index (χ1v) is 24.4. The normalized spacial score (nSPS) is 18.9. The maximum absolute atomic E-state index is 13.5. The number of hydrogen-bond acceptors (Lipinski definition) is 14. The number of nitrogens with zero attached hydrogens (tertiary/aromatic N) is 1. The Balaban J connectivity index is 0.000000268. The molecule has 0 radical (unpaired) electrons. The van der Waals surface area contributed by atoms with Crippen LogP contribution in [0.15, 0.2) is 152 Å². The summed E-state index contributed by atoms with van der Waals surface area (Å²) in [5, 5.41) is 35.7. The number of carbonyl (C=O) groups excluding carboxylic acids is 2. The summed E-state index contributed by atoms with van der Waals surface area (Å²) in [6.45, 7) is 5.68. The van der Waals surface area contributed by atoms with Gasteiger partial charge in [0.1, 0.15) is 41.0 Å². The minimum absolute atomic E-state index is 0.0170. The molecule has 0 unspecified atom stereocenters. The smallest absolute Gasteiger partial charge is 0.338 e. The average molecular weight is 1020 g/mol. The number of hydrogen-bond donors (Lipinski definition) is 5. The molecule has 1 saturated heterocycles. The summed E-state index contributed by atoms with van der Waals surface area (Å²) < 4.78 is 39.1. The highest BCUT2D eigenvalue weighted by atomic mass is 16.6. The van der Waals surface area contributed by atoms with Crippen LogP contribution in [0.3, 0.4) is 0 Å².